The van der Waals surface area contributed by atoms with Gasteiger partial charge in [-0.1, -0.05) is 36.4 Å². The van der Waals surface area contributed by atoms with Gasteiger partial charge in [0.25, 0.3) is 5.91 Å². The zero-order valence-electron chi connectivity index (χ0n) is 19.5. The monoisotopic (exact) mass is 462 g/mol. The molecule has 35 heavy (non-hydrogen) atoms. The van der Waals surface area contributed by atoms with Gasteiger partial charge in [-0.25, -0.2) is 4.98 Å². The van der Waals surface area contributed by atoms with Crippen molar-refractivity contribution in [3.05, 3.63) is 82.9 Å². The second kappa shape index (κ2) is 8.92. The van der Waals surface area contributed by atoms with E-state index in [1.807, 2.05) is 59.5 Å². The number of hydrogen-bond donors (Lipinski definition) is 0. The average molecular weight is 463 g/mol. The lowest BCUT2D eigenvalue weighted by Gasteiger charge is -2.36. The van der Waals surface area contributed by atoms with E-state index in [0.29, 0.717) is 37.3 Å². The maximum Gasteiger partial charge on any atom is 0.253 e. The molecular weight excluding hydrogens is 436 g/mol. The van der Waals surface area contributed by atoms with Crippen molar-refractivity contribution >= 4 is 22.7 Å². The number of pyridine rings is 1. The third-order valence-corrected chi connectivity index (χ3v) is 7.15. The maximum atomic E-state index is 12.9. The minimum absolute atomic E-state index is 0.0483. The molecule has 1 amide bonds. The van der Waals surface area contributed by atoms with Crippen LogP contribution in [-0.4, -0.2) is 42.0 Å². The Morgan fingerprint density at radius 2 is 1.63 bits per heavy atom. The summed E-state index contributed by atoms with van der Waals surface area (Å²) in [6.45, 7) is 2.46. The molecule has 1 saturated heterocycles. The summed E-state index contributed by atoms with van der Waals surface area (Å²) in [6, 6.07) is 21.9. The normalized spacial score (nSPS) is 15.6. The summed E-state index contributed by atoms with van der Waals surface area (Å²) in [5, 5.41) is 11.2. The standard InChI is InChI=1S/C29H26N4O2/c30-19-24-22-11-5-6-12-23(22)27(26-18-21-10-4-7-13-25(21)35-26)31-28(24)32-14-16-33(17-15-32)29(34)20-8-2-1-3-9-20/h1-4,7-10,13,18H,5-6,11-12,14-17H2. The predicted octanol–water partition coefficient (Wildman–Crippen LogP) is 5.21. The van der Waals surface area contributed by atoms with Gasteiger partial charge in [-0.3, -0.25) is 4.79 Å². The number of amides is 1. The number of fused-ring (bicyclic) bond motifs is 2. The van der Waals surface area contributed by atoms with E-state index in [4.69, 9.17) is 9.40 Å². The molecule has 174 valence electrons. The number of para-hydroxylation sites is 1. The summed E-state index contributed by atoms with van der Waals surface area (Å²) in [6.07, 6.45) is 3.95. The molecule has 4 aromatic rings. The van der Waals surface area contributed by atoms with Gasteiger partial charge in [0.2, 0.25) is 0 Å². The maximum absolute atomic E-state index is 12.9. The van der Waals surface area contributed by atoms with Crippen LogP contribution in [0.2, 0.25) is 0 Å². The van der Waals surface area contributed by atoms with Crippen LogP contribution in [0.1, 0.15) is 39.9 Å². The lowest BCUT2D eigenvalue weighted by atomic mass is 9.87. The first-order valence-electron chi connectivity index (χ1n) is 12.3. The van der Waals surface area contributed by atoms with Crippen LogP contribution >= 0.6 is 0 Å². The van der Waals surface area contributed by atoms with E-state index in [-0.39, 0.29) is 5.91 Å². The molecule has 6 heteroatoms. The number of nitrogens with zero attached hydrogens (tertiary/aromatic N) is 4. The molecule has 6 rings (SSSR count). The number of rotatable bonds is 3. The van der Waals surface area contributed by atoms with Crippen LogP contribution in [-0.2, 0) is 12.8 Å². The van der Waals surface area contributed by atoms with Crippen molar-refractivity contribution in [3.63, 3.8) is 0 Å². The van der Waals surface area contributed by atoms with Crippen LogP contribution in [0.4, 0.5) is 5.82 Å². The topological polar surface area (TPSA) is 73.4 Å². The first kappa shape index (κ1) is 21.4. The highest BCUT2D eigenvalue weighted by atomic mass is 16.3. The molecule has 0 unspecified atom stereocenters. The quantitative estimate of drug-likeness (QED) is 0.418. The summed E-state index contributed by atoms with van der Waals surface area (Å²) in [4.78, 5) is 22.0. The number of carbonyl (C=O) groups excluding carboxylic acids is 1. The Balaban J connectivity index is 1.36. The molecule has 0 N–H and O–H groups in total. The number of piperazine rings is 1. The molecule has 1 aliphatic carbocycles. The number of benzene rings is 2. The van der Waals surface area contributed by atoms with Gasteiger partial charge >= 0.3 is 0 Å². The Morgan fingerprint density at radius 1 is 0.914 bits per heavy atom. The van der Waals surface area contributed by atoms with Crippen molar-refractivity contribution in [2.75, 3.05) is 31.1 Å². The van der Waals surface area contributed by atoms with Crippen LogP contribution in [0.15, 0.2) is 65.1 Å². The van der Waals surface area contributed by atoms with Gasteiger partial charge in [0.1, 0.15) is 23.2 Å². The van der Waals surface area contributed by atoms with Crippen molar-refractivity contribution < 1.29 is 9.21 Å². The van der Waals surface area contributed by atoms with E-state index in [0.717, 1.165) is 65.1 Å². The van der Waals surface area contributed by atoms with Gasteiger partial charge in [-0.15, -0.1) is 0 Å². The molecule has 1 fully saturated rings. The summed E-state index contributed by atoms with van der Waals surface area (Å²) in [5.74, 6) is 1.52. The SMILES string of the molecule is N#Cc1c(N2CCN(C(=O)c3ccccc3)CC2)nc(-c2cc3ccccc3o2)c2c1CCCC2. The van der Waals surface area contributed by atoms with Gasteiger partial charge < -0.3 is 14.2 Å². The first-order valence-corrected chi connectivity index (χ1v) is 12.3. The van der Waals surface area contributed by atoms with Crippen LogP contribution in [0.5, 0.6) is 0 Å². The van der Waals surface area contributed by atoms with Crippen molar-refractivity contribution in [2.45, 2.75) is 25.7 Å². The molecule has 3 heterocycles. The molecule has 1 aliphatic heterocycles. The van der Waals surface area contributed by atoms with Gasteiger partial charge in [0.15, 0.2) is 5.76 Å². The van der Waals surface area contributed by atoms with Gasteiger partial charge in [0, 0.05) is 37.1 Å². The molecule has 0 spiro atoms. The summed E-state index contributed by atoms with van der Waals surface area (Å²) < 4.78 is 6.22. The Kier molecular flexibility index (Phi) is 5.46. The highest BCUT2D eigenvalue weighted by Crippen LogP contribution is 2.38. The fourth-order valence-corrected chi connectivity index (χ4v) is 5.34. The van der Waals surface area contributed by atoms with E-state index < -0.39 is 0 Å². The van der Waals surface area contributed by atoms with Crippen molar-refractivity contribution in [1.29, 1.82) is 5.26 Å². The Labute approximate surface area is 204 Å². The van der Waals surface area contributed by atoms with E-state index in [2.05, 4.69) is 17.0 Å². The molecule has 0 radical (unpaired) electrons. The fraction of sp³-hybridized carbons (Fsp3) is 0.276. The summed E-state index contributed by atoms with van der Waals surface area (Å²) in [7, 11) is 0. The third kappa shape index (κ3) is 3.83. The molecule has 2 aliphatic rings. The largest absolute Gasteiger partial charge is 0.454 e. The van der Waals surface area contributed by atoms with Crippen LogP contribution in [0, 0.1) is 11.3 Å². The molecule has 0 atom stereocenters. The smallest absolute Gasteiger partial charge is 0.253 e. The average Bonchev–Trinajstić information content (AvgIpc) is 3.36. The van der Waals surface area contributed by atoms with Gasteiger partial charge in [0.05, 0.1) is 5.56 Å². The Hall–Kier alpha value is -4.11. The van der Waals surface area contributed by atoms with E-state index >= 15 is 0 Å². The minimum atomic E-state index is 0.0483. The summed E-state index contributed by atoms with van der Waals surface area (Å²) >= 11 is 0. The number of hydrogen-bond acceptors (Lipinski definition) is 5. The number of carbonyl (C=O) groups is 1. The predicted molar refractivity (Wildman–Crippen MR) is 135 cm³/mol. The molecule has 6 nitrogen and oxygen atoms in total. The van der Waals surface area contributed by atoms with Gasteiger partial charge in [-0.2, -0.15) is 5.26 Å². The third-order valence-electron chi connectivity index (χ3n) is 7.15. The van der Waals surface area contributed by atoms with Crippen LogP contribution < -0.4 is 4.90 Å². The minimum Gasteiger partial charge on any atom is -0.454 e. The second-order valence-corrected chi connectivity index (χ2v) is 9.23. The molecule has 0 bridgehead atoms. The van der Waals surface area contributed by atoms with Crippen LogP contribution in [0.3, 0.4) is 0 Å². The zero-order valence-corrected chi connectivity index (χ0v) is 19.5. The van der Waals surface area contributed by atoms with E-state index in [1.54, 1.807) is 0 Å². The first-order chi connectivity index (χ1) is 17.2. The number of aromatic nitrogens is 1. The van der Waals surface area contributed by atoms with Gasteiger partial charge in [-0.05, 0) is 61.1 Å². The molecule has 0 saturated carbocycles. The number of nitriles is 1. The molecular formula is C29H26N4O2. The molecule has 2 aromatic carbocycles. The number of anilines is 1. The lowest BCUT2D eigenvalue weighted by molar-refractivity contribution is 0.0746. The van der Waals surface area contributed by atoms with Crippen molar-refractivity contribution in [2.24, 2.45) is 0 Å². The zero-order chi connectivity index (χ0) is 23.8. The summed E-state index contributed by atoms with van der Waals surface area (Å²) in [5.41, 5.74) is 5.34. The van der Waals surface area contributed by atoms with Crippen LogP contribution in [0.25, 0.3) is 22.4 Å². The van der Waals surface area contributed by atoms with E-state index in [9.17, 15) is 10.1 Å². The molecule has 2 aromatic heterocycles. The number of furan rings is 1. The highest BCUT2D eigenvalue weighted by Gasteiger charge is 2.29. The second-order valence-electron chi connectivity index (χ2n) is 9.23. The Bertz CT molecular complexity index is 1410. The Morgan fingerprint density at radius 3 is 2.37 bits per heavy atom. The highest BCUT2D eigenvalue weighted by molar-refractivity contribution is 5.94. The fourth-order valence-electron chi connectivity index (χ4n) is 5.34. The van der Waals surface area contributed by atoms with E-state index in [1.165, 1.54) is 0 Å². The van der Waals surface area contributed by atoms with Crippen molar-refractivity contribution in [3.8, 4) is 17.5 Å². The van der Waals surface area contributed by atoms with Crippen molar-refractivity contribution in [1.82, 2.24) is 9.88 Å². The lowest BCUT2D eigenvalue weighted by Crippen LogP contribution is -2.49.